The summed E-state index contributed by atoms with van der Waals surface area (Å²) in [4.78, 5) is 0. The predicted molar refractivity (Wildman–Crippen MR) is 53.1 cm³/mol. The van der Waals surface area contributed by atoms with Crippen LogP contribution in [0.25, 0.3) is 0 Å². The van der Waals surface area contributed by atoms with Crippen LogP contribution < -0.4 is 4.74 Å². The minimum Gasteiger partial charge on any atom is -0.491 e. The van der Waals surface area contributed by atoms with Gasteiger partial charge in [0.05, 0.1) is 6.61 Å². The molecule has 1 aromatic carbocycles. The molecule has 0 aliphatic carbocycles. The van der Waals surface area contributed by atoms with Crippen molar-refractivity contribution in [1.29, 1.82) is 0 Å². The van der Waals surface area contributed by atoms with Crippen molar-refractivity contribution in [3.63, 3.8) is 0 Å². The minimum absolute atomic E-state index is 0.237. The van der Waals surface area contributed by atoms with Crippen molar-refractivity contribution in [2.24, 2.45) is 0 Å². The molecule has 2 nitrogen and oxygen atoms in total. The molecule has 78 valence electrons. The summed E-state index contributed by atoms with van der Waals surface area (Å²) < 4.78 is 23.4. The molecule has 1 rings (SSSR count). The Kier molecular flexibility index (Phi) is 4.40. The van der Waals surface area contributed by atoms with Gasteiger partial charge in [-0.1, -0.05) is 6.07 Å². The van der Waals surface area contributed by atoms with E-state index in [1.165, 1.54) is 6.07 Å². The molecular formula is C11H15FO2. The van der Waals surface area contributed by atoms with Crippen LogP contribution in [0, 0.1) is 12.7 Å². The van der Waals surface area contributed by atoms with Crippen LogP contribution in [0.4, 0.5) is 4.39 Å². The molecule has 0 aliphatic rings. The Bertz CT molecular complexity index is 287. The van der Waals surface area contributed by atoms with Gasteiger partial charge in [0.1, 0.15) is 18.2 Å². The fourth-order valence-electron chi connectivity index (χ4n) is 1.03. The van der Waals surface area contributed by atoms with Crippen LogP contribution >= 0.6 is 0 Å². The predicted octanol–water partition coefficient (Wildman–Crippen LogP) is 2.55. The van der Waals surface area contributed by atoms with Gasteiger partial charge in [0, 0.05) is 12.7 Å². The molecule has 0 aromatic heterocycles. The third-order valence-corrected chi connectivity index (χ3v) is 1.84. The van der Waals surface area contributed by atoms with Gasteiger partial charge < -0.3 is 9.47 Å². The fraction of sp³-hybridized carbons (Fsp3) is 0.455. The zero-order valence-corrected chi connectivity index (χ0v) is 8.55. The molecule has 0 aliphatic heterocycles. The Balaban J connectivity index is 2.39. The number of rotatable bonds is 5. The molecule has 0 unspecified atom stereocenters. The molecule has 0 bridgehead atoms. The molecule has 0 atom stereocenters. The lowest BCUT2D eigenvalue weighted by Crippen LogP contribution is -2.06. The summed E-state index contributed by atoms with van der Waals surface area (Å²) in [6, 6.07) is 4.84. The molecular weight excluding hydrogens is 183 g/mol. The maximum atomic E-state index is 13.0. The van der Waals surface area contributed by atoms with Gasteiger partial charge in [-0.15, -0.1) is 0 Å². The first-order chi connectivity index (χ1) is 6.74. The van der Waals surface area contributed by atoms with E-state index in [2.05, 4.69) is 0 Å². The maximum Gasteiger partial charge on any atom is 0.129 e. The number of halogens is 1. The van der Waals surface area contributed by atoms with Gasteiger partial charge in [-0.2, -0.15) is 0 Å². The van der Waals surface area contributed by atoms with E-state index in [0.29, 0.717) is 31.1 Å². The molecule has 0 saturated heterocycles. The van der Waals surface area contributed by atoms with E-state index in [1.54, 1.807) is 19.1 Å². The third-order valence-electron chi connectivity index (χ3n) is 1.84. The summed E-state index contributed by atoms with van der Waals surface area (Å²) in [5.41, 5.74) is 0.627. The second-order valence-electron chi connectivity index (χ2n) is 2.96. The highest BCUT2D eigenvalue weighted by molar-refractivity contribution is 5.27. The second-order valence-corrected chi connectivity index (χ2v) is 2.96. The standard InChI is InChI=1S/C11H15FO2/c1-3-13-6-7-14-10-5-4-9(2)11(12)8-10/h4-5,8H,3,6-7H2,1-2H3. The molecule has 0 saturated carbocycles. The monoisotopic (exact) mass is 198 g/mol. The quantitative estimate of drug-likeness (QED) is 0.677. The molecule has 0 amide bonds. The zero-order chi connectivity index (χ0) is 10.4. The SMILES string of the molecule is CCOCCOc1ccc(C)c(F)c1. The number of ether oxygens (including phenoxy) is 2. The van der Waals surface area contributed by atoms with E-state index in [-0.39, 0.29) is 5.82 Å². The molecule has 0 spiro atoms. The van der Waals surface area contributed by atoms with E-state index < -0.39 is 0 Å². The van der Waals surface area contributed by atoms with Gasteiger partial charge in [0.2, 0.25) is 0 Å². The van der Waals surface area contributed by atoms with Crippen molar-refractivity contribution in [2.75, 3.05) is 19.8 Å². The van der Waals surface area contributed by atoms with Gasteiger partial charge in [0.25, 0.3) is 0 Å². The van der Waals surface area contributed by atoms with Crippen molar-refractivity contribution in [3.05, 3.63) is 29.6 Å². The summed E-state index contributed by atoms with van der Waals surface area (Å²) in [7, 11) is 0. The second kappa shape index (κ2) is 5.60. The average Bonchev–Trinajstić information content (AvgIpc) is 2.18. The highest BCUT2D eigenvalue weighted by Crippen LogP contribution is 2.15. The number of benzene rings is 1. The number of hydrogen-bond acceptors (Lipinski definition) is 2. The summed E-state index contributed by atoms with van der Waals surface area (Å²) in [5, 5.41) is 0. The first-order valence-electron chi connectivity index (χ1n) is 4.70. The van der Waals surface area contributed by atoms with Crippen LogP contribution in [0.1, 0.15) is 12.5 Å². The van der Waals surface area contributed by atoms with Crippen molar-refractivity contribution in [1.82, 2.24) is 0 Å². The van der Waals surface area contributed by atoms with E-state index >= 15 is 0 Å². The molecule has 0 radical (unpaired) electrons. The first kappa shape index (κ1) is 11.0. The highest BCUT2D eigenvalue weighted by atomic mass is 19.1. The average molecular weight is 198 g/mol. The summed E-state index contributed by atoms with van der Waals surface area (Å²) in [6.07, 6.45) is 0. The van der Waals surface area contributed by atoms with Gasteiger partial charge in [0.15, 0.2) is 0 Å². The van der Waals surface area contributed by atoms with E-state index in [4.69, 9.17) is 9.47 Å². The molecule has 0 N–H and O–H groups in total. The molecule has 14 heavy (non-hydrogen) atoms. The smallest absolute Gasteiger partial charge is 0.129 e. The van der Waals surface area contributed by atoms with E-state index in [0.717, 1.165) is 0 Å². The van der Waals surface area contributed by atoms with Crippen LogP contribution in [0.15, 0.2) is 18.2 Å². The van der Waals surface area contributed by atoms with Crippen LogP contribution in [0.5, 0.6) is 5.75 Å². The topological polar surface area (TPSA) is 18.5 Å². The lowest BCUT2D eigenvalue weighted by molar-refractivity contribution is 0.110. The summed E-state index contributed by atoms with van der Waals surface area (Å²) >= 11 is 0. The minimum atomic E-state index is -0.237. The summed E-state index contributed by atoms with van der Waals surface area (Å²) in [5.74, 6) is 0.312. The Morgan fingerprint density at radius 2 is 2.07 bits per heavy atom. The maximum absolute atomic E-state index is 13.0. The third kappa shape index (κ3) is 3.34. The molecule has 3 heteroatoms. The number of aryl methyl sites for hydroxylation is 1. The van der Waals surface area contributed by atoms with E-state index in [9.17, 15) is 4.39 Å². The Morgan fingerprint density at radius 3 is 2.71 bits per heavy atom. The first-order valence-corrected chi connectivity index (χ1v) is 4.70. The Hall–Kier alpha value is -1.09. The lowest BCUT2D eigenvalue weighted by atomic mass is 10.2. The molecule has 1 aromatic rings. The zero-order valence-electron chi connectivity index (χ0n) is 8.55. The van der Waals surface area contributed by atoms with Gasteiger partial charge in [-0.3, -0.25) is 0 Å². The normalized spacial score (nSPS) is 10.2. The van der Waals surface area contributed by atoms with E-state index in [1.807, 2.05) is 6.92 Å². The van der Waals surface area contributed by atoms with Crippen LogP contribution in [0.3, 0.4) is 0 Å². The highest BCUT2D eigenvalue weighted by Gasteiger charge is 1.99. The van der Waals surface area contributed by atoms with Crippen LogP contribution in [0.2, 0.25) is 0 Å². The van der Waals surface area contributed by atoms with Gasteiger partial charge in [-0.05, 0) is 25.5 Å². The van der Waals surface area contributed by atoms with Crippen molar-refractivity contribution in [3.8, 4) is 5.75 Å². The van der Waals surface area contributed by atoms with Crippen molar-refractivity contribution < 1.29 is 13.9 Å². The van der Waals surface area contributed by atoms with Crippen molar-refractivity contribution >= 4 is 0 Å². The number of hydrogen-bond donors (Lipinski definition) is 0. The molecule has 0 fully saturated rings. The largest absolute Gasteiger partial charge is 0.491 e. The van der Waals surface area contributed by atoms with Gasteiger partial charge in [-0.25, -0.2) is 4.39 Å². The van der Waals surface area contributed by atoms with Gasteiger partial charge >= 0.3 is 0 Å². The van der Waals surface area contributed by atoms with Crippen LogP contribution in [-0.4, -0.2) is 19.8 Å². The van der Waals surface area contributed by atoms with Crippen LogP contribution in [-0.2, 0) is 4.74 Å². The Morgan fingerprint density at radius 1 is 1.29 bits per heavy atom. The fourth-order valence-corrected chi connectivity index (χ4v) is 1.03. The lowest BCUT2D eigenvalue weighted by Gasteiger charge is -2.06. The summed E-state index contributed by atoms with van der Waals surface area (Å²) in [6.45, 7) is 5.30. The Labute approximate surface area is 83.6 Å². The van der Waals surface area contributed by atoms with Crippen molar-refractivity contribution in [2.45, 2.75) is 13.8 Å². The molecule has 0 heterocycles.